The zero-order valence-corrected chi connectivity index (χ0v) is 5.81. The van der Waals surface area contributed by atoms with E-state index < -0.39 is 30.7 Å². The van der Waals surface area contributed by atoms with Crippen LogP contribution in [0.4, 0.5) is 4.39 Å². The summed E-state index contributed by atoms with van der Waals surface area (Å²) in [4.78, 5) is 0. The summed E-state index contributed by atoms with van der Waals surface area (Å²) in [6.07, 6.45) is -3.82. The first-order valence-corrected chi connectivity index (χ1v) is 3.55. The van der Waals surface area contributed by atoms with Crippen LogP contribution in [0.3, 0.4) is 0 Å². The number of aliphatic hydroxyl groups is 1. The number of fused-ring (bicyclic) bond motifs is 2. The second-order valence-electron chi connectivity index (χ2n) is 2.89. The third-order valence-corrected chi connectivity index (χ3v) is 2.12. The third-order valence-electron chi connectivity index (χ3n) is 2.12. The van der Waals surface area contributed by atoms with E-state index in [4.69, 9.17) is 20.3 Å². The van der Waals surface area contributed by atoms with Gasteiger partial charge in [0, 0.05) is 0 Å². The molecule has 3 N–H and O–H groups in total. The molecule has 2 aliphatic rings. The van der Waals surface area contributed by atoms with Gasteiger partial charge >= 0.3 is 0 Å². The first kappa shape index (κ1) is 7.42. The van der Waals surface area contributed by atoms with Crippen LogP contribution in [-0.4, -0.2) is 42.4 Å². The molecule has 11 heavy (non-hydrogen) atoms. The minimum absolute atomic E-state index is 0.191. The van der Waals surface area contributed by atoms with E-state index in [1.54, 1.807) is 0 Å². The summed E-state index contributed by atoms with van der Waals surface area (Å²) in [5.74, 6) is 0. The van der Waals surface area contributed by atoms with Crippen LogP contribution in [0.15, 0.2) is 0 Å². The van der Waals surface area contributed by atoms with Crippen LogP contribution in [0, 0.1) is 0 Å². The highest BCUT2D eigenvalue weighted by Gasteiger charge is 2.48. The number of aliphatic hydroxyl groups excluding tert-OH is 1. The molecule has 0 radical (unpaired) electrons. The maximum absolute atomic E-state index is 13.0. The summed E-state index contributed by atoms with van der Waals surface area (Å²) in [5.41, 5.74) is 5.41. The Morgan fingerprint density at radius 3 is 3.00 bits per heavy atom. The average molecular weight is 163 g/mol. The van der Waals surface area contributed by atoms with Crippen molar-refractivity contribution in [1.29, 1.82) is 0 Å². The number of ether oxygens (including phenoxy) is 2. The molecule has 2 rings (SSSR count). The Morgan fingerprint density at radius 2 is 2.27 bits per heavy atom. The molecule has 0 aliphatic carbocycles. The second-order valence-corrected chi connectivity index (χ2v) is 2.89. The van der Waals surface area contributed by atoms with Crippen molar-refractivity contribution in [3.05, 3.63) is 0 Å². The fourth-order valence-corrected chi connectivity index (χ4v) is 1.40. The highest BCUT2D eigenvalue weighted by atomic mass is 19.1. The van der Waals surface area contributed by atoms with E-state index in [1.807, 2.05) is 0 Å². The Kier molecular flexibility index (Phi) is 1.61. The first-order chi connectivity index (χ1) is 5.20. The van der Waals surface area contributed by atoms with E-state index in [-0.39, 0.29) is 6.61 Å². The molecule has 2 fully saturated rings. The van der Waals surface area contributed by atoms with Gasteiger partial charge in [0.1, 0.15) is 12.2 Å². The zero-order valence-electron chi connectivity index (χ0n) is 5.81. The molecule has 0 spiro atoms. The van der Waals surface area contributed by atoms with Crippen molar-refractivity contribution in [1.82, 2.24) is 0 Å². The zero-order chi connectivity index (χ0) is 8.01. The number of rotatable bonds is 0. The normalized spacial score (nSPS) is 56.5. The van der Waals surface area contributed by atoms with E-state index in [2.05, 4.69) is 0 Å². The number of hydrogen-bond acceptors (Lipinski definition) is 4. The fraction of sp³-hybridized carbons (Fsp3) is 1.00. The number of hydrogen-bond donors (Lipinski definition) is 2. The van der Waals surface area contributed by atoms with Gasteiger partial charge < -0.3 is 20.3 Å². The summed E-state index contributed by atoms with van der Waals surface area (Å²) in [7, 11) is 0. The number of nitrogens with two attached hydrogens (primary N) is 1. The van der Waals surface area contributed by atoms with Crippen molar-refractivity contribution in [2.24, 2.45) is 5.73 Å². The van der Waals surface area contributed by atoms with Crippen LogP contribution in [0.25, 0.3) is 0 Å². The van der Waals surface area contributed by atoms with Gasteiger partial charge in [0.25, 0.3) is 0 Å². The summed E-state index contributed by atoms with van der Waals surface area (Å²) in [5, 5.41) is 9.17. The van der Waals surface area contributed by atoms with Gasteiger partial charge in [-0.1, -0.05) is 0 Å². The van der Waals surface area contributed by atoms with Crippen molar-refractivity contribution in [3.63, 3.8) is 0 Å². The predicted octanol–water partition coefficient (Wildman–Crippen LogP) is -1.23. The van der Waals surface area contributed by atoms with Crippen LogP contribution < -0.4 is 5.73 Å². The van der Waals surface area contributed by atoms with Crippen LogP contribution in [0.1, 0.15) is 0 Å². The molecule has 0 aromatic heterocycles. The summed E-state index contributed by atoms with van der Waals surface area (Å²) in [6.45, 7) is 0.191. The van der Waals surface area contributed by atoms with E-state index in [0.717, 1.165) is 0 Å². The quantitative estimate of drug-likeness (QED) is 0.469. The van der Waals surface area contributed by atoms with E-state index in [9.17, 15) is 4.39 Å². The Balaban J connectivity index is 2.16. The lowest BCUT2D eigenvalue weighted by Gasteiger charge is -2.31. The van der Waals surface area contributed by atoms with Crippen LogP contribution in [-0.2, 0) is 9.47 Å². The van der Waals surface area contributed by atoms with Crippen LogP contribution in [0.2, 0.25) is 0 Å². The maximum atomic E-state index is 13.0. The molecule has 5 heteroatoms. The summed E-state index contributed by atoms with van der Waals surface area (Å²) < 4.78 is 23.0. The minimum atomic E-state index is -1.41. The van der Waals surface area contributed by atoms with Gasteiger partial charge in [0.2, 0.25) is 0 Å². The molecule has 2 bridgehead atoms. The fourth-order valence-electron chi connectivity index (χ4n) is 1.40. The lowest BCUT2D eigenvalue weighted by Crippen LogP contribution is -2.56. The first-order valence-electron chi connectivity index (χ1n) is 3.55. The second kappa shape index (κ2) is 2.38. The molecule has 0 aromatic rings. The molecule has 0 aromatic carbocycles. The van der Waals surface area contributed by atoms with E-state index in [0.29, 0.717) is 0 Å². The smallest absolute Gasteiger partial charge is 0.175 e. The summed E-state index contributed by atoms with van der Waals surface area (Å²) >= 11 is 0. The highest BCUT2D eigenvalue weighted by molar-refractivity contribution is 4.95. The van der Waals surface area contributed by atoms with Gasteiger partial charge in [-0.2, -0.15) is 0 Å². The standard InChI is InChI=1S/C6H10FNO3/c7-3-2-1-10-6(11-2)4(8)5(3)9/h2-6,9H,1,8H2/t2-,3-,4-,5+,6-/m1/s1. The molecule has 2 heterocycles. The van der Waals surface area contributed by atoms with Crippen molar-refractivity contribution in [3.8, 4) is 0 Å². The van der Waals surface area contributed by atoms with E-state index >= 15 is 0 Å². The SMILES string of the molecule is N[C@H]1[C@@H]2OC[C@@H](O2)[C@@H](F)[C@@H]1O. The Hall–Kier alpha value is -0.230. The largest absolute Gasteiger partial charge is 0.388 e. The van der Waals surface area contributed by atoms with Crippen LogP contribution >= 0.6 is 0 Å². The van der Waals surface area contributed by atoms with Gasteiger partial charge in [-0.25, -0.2) is 4.39 Å². The van der Waals surface area contributed by atoms with Crippen molar-refractivity contribution < 1.29 is 19.0 Å². The molecule has 4 nitrogen and oxygen atoms in total. The van der Waals surface area contributed by atoms with Gasteiger partial charge in [0.15, 0.2) is 12.5 Å². The average Bonchev–Trinajstić information content (AvgIpc) is 2.44. The number of halogens is 1. The lowest BCUT2D eigenvalue weighted by atomic mass is 10.0. The molecule has 0 unspecified atom stereocenters. The van der Waals surface area contributed by atoms with Crippen molar-refractivity contribution in [2.75, 3.05) is 6.61 Å². The van der Waals surface area contributed by atoms with Crippen LogP contribution in [0.5, 0.6) is 0 Å². The van der Waals surface area contributed by atoms with Gasteiger partial charge in [-0.05, 0) is 0 Å². The third kappa shape index (κ3) is 0.961. The Morgan fingerprint density at radius 1 is 1.55 bits per heavy atom. The Labute approximate surface area is 63.1 Å². The molecule has 5 atom stereocenters. The number of alkyl halides is 1. The minimum Gasteiger partial charge on any atom is -0.388 e. The van der Waals surface area contributed by atoms with Crippen molar-refractivity contribution in [2.45, 2.75) is 30.7 Å². The molecule has 0 saturated carbocycles. The monoisotopic (exact) mass is 163 g/mol. The highest BCUT2D eigenvalue weighted by Crippen LogP contribution is 2.28. The van der Waals surface area contributed by atoms with Crippen molar-refractivity contribution >= 4 is 0 Å². The Bertz CT molecular complexity index is 148. The topological polar surface area (TPSA) is 64.7 Å². The molecule has 0 amide bonds. The van der Waals surface area contributed by atoms with E-state index in [1.165, 1.54) is 0 Å². The van der Waals surface area contributed by atoms with Gasteiger partial charge in [-0.3, -0.25) is 0 Å². The molecule has 2 aliphatic heterocycles. The summed E-state index contributed by atoms with van der Waals surface area (Å²) in [6, 6.07) is -0.760. The maximum Gasteiger partial charge on any atom is 0.175 e. The molecule has 2 saturated heterocycles. The lowest BCUT2D eigenvalue weighted by molar-refractivity contribution is -0.159. The molecule has 64 valence electrons. The predicted molar refractivity (Wildman–Crippen MR) is 33.5 cm³/mol. The van der Waals surface area contributed by atoms with Gasteiger partial charge in [0.05, 0.1) is 12.6 Å². The molecular weight excluding hydrogens is 153 g/mol. The molecular formula is C6H10FNO3. The van der Waals surface area contributed by atoms with Gasteiger partial charge in [-0.15, -0.1) is 0 Å².